The summed E-state index contributed by atoms with van der Waals surface area (Å²) in [7, 11) is 2.40. The zero-order chi connectivity index (χ0) is 28.6. The lowest BCUT2D eigenvalue weighted by Crippen LogP contribution is -2.36. The van der Waals surface area contributed by atoms with Gasteiger partial charge in [0.15, 0.2) is 17.5 Å². The Morgan fingerprint density at radius 1 is 1.08 bits per heavy atom. The Morgan fingerprint density at radius 3 is 2.29 bits per heavy atom. The van der Waals surface area contributed by atoms with Gasteiger partial charge in [-0.25, -0.2) is 27.7 Å². The molecule has 0 fully saturated rings. The van der Waals surface area contributed by atoms with E-state index in [1.54, 1.807) is 13.0 Å². The van der Waals surface area contributed by atoms with Crippen molar-refractivity contribution in [2.75, 3.05) is 19.5 Å². The van der Waals surface area contributed by atoms with Gasteiger partial charge < -0.3 is 14.8 Å². The van der Waals surface area contributed by atoms with E-state index in [-0.39, 0.29) is 22.4 Å². The molecule has 38 heavy (non-hydrogen) atoms. The second kappa shape index (κ2) is 14.3. The lowest BCUT2D eigenvalue weighted by Gasteiger charge is -2.27. The first-order valence-electron chi connectivity index (χ1n) is 11.8. The van der Waals surface area contributed by atoms with Crippen molar-refractivity contribution in [2.45, 2.75) is 56.3 Å². The van der Waals surface area contributed by atoms with E-state index in [0.717, 1.165) is 24.9 Å². The van der Waals surface area contributed by atoms with Crippen LogP contribution in [-0.2, 0) is 9.47 Å². The highest BCUT2D eigenvalue weighted by atomic mass is 35.5. The van der Waals surface area contributed by atoms with E-state index in [0.29, 0.717) is 28.5 Å². The van der Waals surface area contributed by atoms with Gasteiger partial charge in [-0.05, 0) is 43.9 Å². The number of amides is 3. The van der Waals surface area contributed by atoms with Crippen molar-refractivity contribution in [2.24, 2.45) is 5.92 Å². The number of halogens is 4. The molecule has 2 rings (SSSR count). The molecule has 0 radical (unpaired) electrons. The van der Waals surface area contributed by atoms with Crippen LogP contribution in [0.3, 0.4) is 0 Å². The van der Waals surface area contributed by atoms with Crippen LogP contribution in [0, 0.1) is 23.4 Å². The van der Waals surface area contributed by atoms with Gasteiger partial charge in [0, 0.05) is 40.6 Å². The number of hydrogen-bond acceptors (Lipinski definition) is 6. The molecule has 0 saturated heterocycles. The Balaban J connectivity index is 2.21. The highest BCUT2D eigenvalue weighted by Gasteiger charge is 2.26. The van der Waals surface area contributed by atoms with Gasteiger partial charge in [0.1, 0.15) is 6.10 Å². The predicted octanol–water partition coefficient (Wildman–Crippen LogP) is 7.52. The topological polar surface area (TPSA) is 84.9 Å². The van der Waals surface area contributed by atoms with Gasteiger partial charge in [0.2, 0.25) is 0 Å². The van der Waals surface area contributed by atoms with Gasteiger partial charge in [-0.15, -0.1) is 11.8 Å². The molecular weight excluding hydrogens is 545 g/mol. The summed E-state index contributed by atoms with van der Waals surface area (Å²) in [4.78, 5) is 37.9. The Kier molecular flexibility index (Phi) is 11.8. The fraction of sp³-hybridized carbons (Fsp3) is 0.423. The number of benzene rings is 2. The third-order valence-corrected chi connectivity index (χ3v) is 7.67. The number of carbonyl (C=O) groups is 3. The summed E-state index contributed by atoms with van der Waals surface area (Å²) in [5.41, 5.74) is -0.0688. The van der Waals surface area contributed by atoms with Crippen molar-refractivity contribution >= 4 is 47.1 Å². The van der Waals surface area contributed by atoms with E-state index in [1.807, 2.05) is 6.92 Å². The van der Waals surface area contributed by atoms with Crippen LogP contribution >= 0.6 is 23.4 Å². The monoisotopic (exact) mass is 574 g/mol. The smallest absolute Gasteiger partial charge is 0.419 e. The summed E-state index contributed by atoms with van der Waals surface area (Å²) >= 11 is 7.83. The number of nitrogens with one attached hydrogen (secondary N) is 1. The van der Waals surface area contributed by atoms with Crippen molar-refractivity contribution < 1.29 is 37.0 Å². The lowest BCUT2D eigenvalue weighted by molar-refractivity contribution is 0.0654. The van der Waals surface area contributed by atoms with E-state index < -0.39 is 41.6 Å². The van der Waals surface area contributed by atoms with Gasteiger partial charge >= 0.3 is 12.2 Å². The molecule has 0 aromatic heterocycles. The van der Waals surface area contributed by atoms with Crippen LogP contribution in [0.2, 0.25) is 5.02 Å². The number of carbonyl (C=O) groups excluding carboxylic acids is 3. The summed E-state index contributed by atoms with van der Waals surface area (Å²) < 4.78 is 50.2. The minimum atomic E-state index is -1.63. The van der Waals surface area contributed by atoms with E-state index >= 15 is 0 Å². The Bertz CT molecular complexity index is 1150. The molecule has 0 aliphatic rings. The molecule has 1 N–H and O–H groups in total. The molecule has 12 heteroatoms. The molecule has 0 aliphatic carbocycles. The lowest BCUT2D eigenvalue weighted by atomic mass is 9.98. The first kappa shape index (κ1) is 31.3. The van der Waals surface area contributed by atoms with E-state index in [2.05, 4.69) is 17.0 Å². The summed E-state index contributed by atoms with van der Waals surface area (Å²) in [6, 6.07) is 5.90. The van der Waals surface area contributed by atoms with Crippen LogP contribution in [0.1, 0.15) is 50.4 Å². The van der Waals surface area contributed by atoms with E-state index in [4.69, 9.17) is 16.3 Å². The van der Waals surface area contributed by atoms with Crippen molar-refractivity contribution in [3.05, 3.63) is 58.4 Å². The molecule has 7 nitrogen and oxygen atoms in total. The number of hydrogen-bond donors (Lipinski definition) is 1. The first-order valence-corrected chi connectivity index (χ1v) is 13.1. The highest BCUT2D eigenvalue weighted by molar-refractivity contribution is 8.00. The van der Waals surface area contributed by atoms with Gasteiger partial charge in [-0.1, -0.05) is 31.9 Å². The Hall–Kier alpha value is -2.92. The maximum Gasteiger partial charge on any atom is 0.419 e. The number of methoxy groups -OCH3 is 1. The van der Waals surface area contributed by atoms with E-state index in [9.17, 15) is 27.6 Å². The number of thioether (sulfide) groups is 1. The summed E-state index contributed by atoms with van der Waals surface area (Å²) in [5, 5.41) is 2.65. The summed E-state index contributed by atoms with van der Waals surface area (Å²) in [6.45, 7) is 5.81. The Morgan fingerprint density at radius 2 is 1.71 bits per heavy atom. The zero-order valence-electron chi connectivity index (χ0n) is 21.6. The molecule has 2 aromatic carbocycles. The second-order valence-corrected chi connectivity index (χ2v) is 10.4. The second-order valence-electron chi connectivity index (χ2n) is 8.73. The number of anilines is 1. The molecule has 3 atom stereocenters. The van der Waals surface area contributed by atoms with Crippen LogP contribution < -0.4 is 5.32 Å². The van der Waals surface area contributed by atoms with Crippen LogP contribution in [0.5, 0.6) is 0 Å². The standard InChI is InChI=1S/C26H30ClF3N2O5S/c1-6-7-14(2)21(10-15(3)37-26(35)32(4)25(34)36-5)38-22-11-16(8-9-18(22)27)24(33)31-17-12-19(28)23(30)20(29)13-17/h8-9,11-15,21H,6-7,10H2,1-5H3,(H,31,33). The molecule has 0 heterocycles. The van der Waals surface area contributed by atoms with E-state index in [1.165, 1.54) is 30.9 Å². The molecule has 3 amide bonds. The first-order chi connectivity index (χ1) is 17.9. The van der Waals surface area contributed by atoms with Crippen LogP contribution in [0.25, 0.3) is 0 Å². The molecule has 0 saturated carbocycles. The molecule has 0 bridgehead atoms. The highest BCUT2D eigenvalue weighted by Crippen LogP contribution is 2.38. The Labute approximate surface area is 229 Å². The van der Waals surface area contributed by atoms with Gasteiger partial charge in [0.05, 0.1) is 12.1 Å². The molecule has 0 aliphatic heterocycles. The van der Waals surface area contributed by atoms with Gasteiger partial charge in [-0.2, -0.15) is 0 Å². The normalized spacial score (nSPS) is 13.3. The minimum absolute atomic E-state index is 0.0858. The van der Waals surface area contributed by atoms with Crippen molar-refractivity contribution in [1.82, 2.24) is 4.90 Å². The maximum atomic E-state index is 13.5. The van der Waals surface area contributed by atoms with Gasteiger partial charge in [-0.3, -0.25) is 4.79 Å². The molecule has 0 spiro atoms. The average Bonchev–Trinajstić information content (AvgIpc) is 2.86. The summed E-state index contributed by atoms with van der Waals surface area (Å²) in [6.07, 6.45) is -0.0340. The third-order valence-electron chi connectivity index (χ3n) is 5.68. The predicted molar refractivity (Wildman–Crippen MR) is 140 cm³/mol. The molecule has 3 unspecified atom stereocenters. The average molecular weight is 575 g/mol. The minimum Gasteiger partial charge on any atom is -0.452 e. The number of rotatable bonds is 10. The molecular formula is C26H30ClF3N2O5S. The van der Waals surface area contributed by atoms with Crippen LogP contribution in [0.15, 0.2) is 35.2 Å². The maximum absolute atomic E-state index is 13.5. The quantitative estimate of drug-likeness (QED) is 0.233. The zero-order valence-corrected chi connectivity index (χ0v) is 23.2. The fourth-order valence-electron chi connectivity index (χ4n) is 3.60. The van der Waals surface area contributed by atoms with Gasteiger partial charge in [0.25, 0.3) is 5.91 Å². The third kappa shape index (κ3) is 8.56. The SMILES string of the molecule is CCCC(C)C(CC(C)OC(=O)N(C)C(=O)OC)Sc1cc(C(=O)Nc2cc(F)c(F)c(F)c2)ccc1Cl. The number of ether oxygens (including phenoxy) is 2. The van der Waals surface area contributed by atoms with Crippen molar-refractivity contribution in [3.8, 4) is 0 Å². The fourth-order valence-corrected chi connectivity index (χ4v) is 5.29. The molecule has 2 aromatic rings. The number of nitrogens with zero attached hydrogens (tertiary/aromatic N) is 1. The molecule has 208 valence electrons. The van der Waals surface area contributed by atoms with Crippen molar-refractivity contribution in [3.63, 3.8) is 0 Å². The largest absolute Gasteiger partial charge is 0.452 e. The summed E-state index contributed by atoms with van der Waals surface area (Å²) in [5.74, 6) is -4.97. The van der Waals surface area contributed by atoms with Crippen molar-refractivity contribution in [1.29, 1.82) is 0 Å². The number of imide groups is 1. The van der Waals surface area contributed by atoms with Crippen LogP contribution in [-0.4, -0.2) is 48.5 Å². The van der Waals surface area contributed by atoms with Crippen LogP contribution in [0.4, 0.5) is 28.4 Å².